The Morgan fingerprint density at radius 2 is 1.44 bits per heavy atom. The first-order valence-electron chi connectivity index (χ1n) is 8.50. The smallest absolute Gasteiger partial charge is 0.0934 e. The van der Waals surface area contributed by atoms with Crippen LogP contribution in [0, 0.1) is 5.92 Å². The van der Waals surface area contributed by atoms with Gasteiger partial charge in [0.25, 0.3) is 0 Å². The average molecular weight is 479 g/mol. The monoisotopic (exact) mass is 477 g/mol. The van der Waals surface area contributed by atoms with Crippen molar-refractivity contribution in [2.45, 2.75) is 37.8 Å². The molecule has 2 saturated heterocycles. The molecule has 0 N–H and O–H groups in total. The molecule has 0 aliphatic carbocycles. The van der Waals surface area contributed by atoms with Crippen LogP contribution in [0.25, 0.3) is 5.57 Å². The third kappa shape index (κ3) is 3.90. The van der Waals surface area contributed by atoms with Gasteiger partial charge in [0.1, 0.15) is 0 Å². The van der Waals surface area contributed by atoms with Crippen molar-refractivity contribution in [2.24, 2.45) is 5.92 Å². The Morgan fingerprint density at radius 1 is 0.960 bits per heavy atom. The zero-order valence-corrected chi connectivity index (χ0v) is 19.1. The summed E-state index contributed by atoms with van der Waals surface area (Å²) >= 11 is 15.7. The highest BCUT2D eigenvalue weighted by Crippen LogP contribution is 2.45. The molecule has 2 aromatic heterocycles. The molecular weight excluding hydrogens is 457 g/mol. The van der Waals surface area contributed by atoms with Gasteiger partial charge in [0.15, 0.2) is 0 Å². The predicted octanol–water partition coefficient (Wildman–Crippen LogP) is 3.57. The Bertz CT molecular complexity index is 722. The van der Waals surface area contributed by atoms with Crippen molar-refractivity contribution in [3.8, 4) is 0 Å². The van der Waals surface area contributed by atoms with Crippen LogP contribution in [0.1, 0.15) is 35.4 Å². The highest BCUT2D eigenvalue weighted by molar-refractivity contribution is 7.19. The van der Waals surface area contributed by atoms with Crippen LogP contribution in [0.15, 0.2) is 30.3 Å². The van der Waals surface area contributed by atoms with Gasteiger partial charge in [-0.3, -0.25) is 0 Å². The van der Waals surface area contributed by atoms with Crippen LogP contribution < -0.4 is 17.0 Å². The highest BCUT2D eigenvalue weighted by Gasteiger charge is 2.48. The van der Waals surface area contributed by atoms with Crippen LogP contribution in [0.5, 0.6) is 0 Å². The van der Waals surface area contributed by atoms with E-state index in [0.717, 1.165) is 20.8 Å². The number of allylic oxidation sites excluding steroid dienone is 1. The summed E-state index contributed by atoms with van der Waals surface area (Å²) in [5.74, 6) is 0.658. The first-order valence-corrected chi connectivity index (χ1v) is 10.9. The van der Waals surface area contributed by atoms with Gasteiger partial charge in [-0.05, 0) is 30.2 Å². The van der Waals surface area contributed by atoms with E-state index in [1.807, 2.05) is 12.1 Å². The number of halogens is 3. The zero-order valence-electron chi connectivity index (χ0n) is 14.3. The van der Waals surface area contributed by atoms with Gasteiger partial charge in [-0.15, -0.1) is 22.7 Å². The molecule has 2 bridgehead atoms. The molecule has 136 valence electrons. The fourth-order valence-electron chi connectivity index (χ4n) is 4.50. The van der Waals surface area contributed by atoms with E-state index in [0.29, 0.717) is 5.92 Å². The van der Waals surface area contributed by atoms with Crippen molar-refractivity contribution in [3.05, 3.63) is 48.8 Å². The molecule has 0 saturated carbocycles. The SMILES string of the molecule is C[N+]1(C)C2CCC1CC(C=C(c1ccc(Cl)s1)c1ccc(Cl)s1)C2.[Br-]. The maximum Gasteiger partial charge on any atom is 0.0934 e. The van der Waals surface area contributed by atoms with Crippen molar-refractivity contribution >= 4 is 51.4 Å². The van der Waals surface area contributed by atoms with Crippen LogP contribution in [-0.2, 0) is 0 Å². The molecule has 6 heteroatoms. The Balaban J connectivity index is 0.00000182. The molecule has 0 aromatic carbocycles. The van der Waals surface area contributed by atoms with Crippen molar-refractivity contribution in [1.29, 1.82) is 0 Å². The third-order valence-corrected chi connectivity index (χ3v) is 8.47. The van der Waals surface area contributed by atoms with Crippen LogP contribution in [-0.4, -0.2) is 30.7 Å². The second kappa shape index (κ2) is 7.65. The van der Waals surface area contributed by atoms with Crippen LogP contribution in [0.3, 0.4) is 0 Å². The molecule has 2 aliphatic rings. The van der Waals surface area contributed by atoms with Gasteiger partial charge >= 0.3 is 0 Å². The van der Waals surface area contributed by atoms with Crippen molar-refractivity contribution in [3.63, 3.8) is 0 Å². The number of piperidine rings is 1. The second-order valence-corrected chi connectivity index (χ2v) is 11.0. The maximum absolute atomic E-state index is 6.20. The summed E-state index contributed by atoms with van der Waals surface area (Å²) in [6.45, 7) is 0. The van der Waals surface area contributed by atoms with Crippen molar-refractivity contribution in [1.82, 2.24) is 0 Å². The number of fused-ring (bicyclic) bond motifs is 2. The average Bonchev–Trinajstić information content (AvgIpc) is 3.15. The maximum atomic E-state index is 6.20. The first kappa shape index (κ1) is 19.9. The van der Waals surface area contributed by atoms with E-state index in [9.17, 15) is 0 Å². The minimum absolute atomic E-state index is 0. The fourth-order valence-corrected chi connectivity index (χ4v) is 6.73. The second-order valence-electron chi connectivity index (χ2n) is 7.53. The molecule has 0 radical (unpaired) electrons. The fraction of sp³-hybridized carbons (Fsp3) is 0.474. The summed E-state index contributed by atoms with van der Waals surface area (Å²) < 4.78 is 2.91. The Hall–Kier alpha value is 0.160. The first-order chi connectivity index (χ1) is 11.4. The molecule has 4 rings (SSSR count). The number of rotatable bonds is 3. The molecule has 1 nitrogen and oxygen atoms in total. The summed E-state index contributed by atoms with van der Waals surface area (Å²) in [6.07, 6.45) is 7.87. The van der Waals surface area contributed by atoms with Gasteiger partial charge in [-0.2, -0.15) is 0 Å². The van der Waals surface area contributed by atoms with Crippen LogP contribution in [0.4, 0.5) is 0 Å². The zero-order chi connectivity index (χ0) is 16.9. The lowest BCUT2D eigenvalue weighted by Gasteiger charge is -2.43. The van der Waals surface area contributed by atoms with Gasteiger partial charge in [0, 0.05) is 41.0 Å². The van der Waals surface area contributed by atoms with Gasteiger partial charge in [-0.1, -0.05) is 29.3 Å². The minimum Gasteiger partial charge on any atom is -1.00 e. The van der Waals surface area contributed by atoms with Gasteiger partial charge in [0.2, 0.25) is 0 Å². The molecule has 2 aliphatic heterocycles. The molecule has 2 atom stereocenters. The van der Waals surface area contributed by atoms with Crippen LogP contribution >= 0.6 is 45.9 Å². The number of thiophene rings is 2. The van der Waals surface area contributed by atoms with Crippen molar-refractivity contribution in [2.75, 3.05) is 14.1 Å². The van der Waals surface area contributed by atoms with E-state index >= 15 is 0 Å². The summed E-state index contributed by atoms with van der Waals surface area (Å²) in [6, 6.07) is 9.90. The highest BCUT2D eigenvalue weighted by atomic mass is 79.9. The molecular formula is C19H22BrCl2NS2. The molecule has 4 heterocycles. The van der Waals surface area contributed by atoms with E-state index < -0.39 is 0 Å². The number of quaternary nitrogens is 1. The Kier molecular flexibility index (Phi) is 6.09. The van der Waals surface area contributed by atoms with E-state index in [1.165, 1.54) is 45.5 Å². The van der Waals surface area contributed by atoms with Crippen LogP contribution in [0.2, 0.25) is 8.67 Å². The number of hydrogen-bond donors (Lipinski definition) is 0. The lowest BCUT2D eigenvalue weighted by Crippen LogP contribution is -3.00. The molecule has 25 heavy (non-hydrogen) atoms. The lowest BCUT2D eigenvalue weighted by atomic mass is 9.87. The molecule has 2 unspecified atom stereocenters. The van der Waals surface area contributed by atoms with E-state index in [-0.39, 0.29) is 17.0 Å². The molecule has 0 amide bonds. The van der Waals surface area contributed by atoms with E-state index in [4.69, 9.17) is 23.2 Å². The molecule has 2 fully saturated rings. The van der Waals surface area contributed by atoms with Gasteiger partial charge < -0.3 is 21.5 Å². The van der Waals surface area contributed by atoms with E-state index in [1.54, 1.807) is 22.7 Å². The number of nitrogens with zero attached hydrogens (tertiary/aromatic N) is 1. The minimum atomic E-state index is 0. The molecule has 2 aromatic rings. The quantitative estimate of drug-likeness (QED) is 0.591. The third-order valence-electron chi connectivity index (χ3n) is 5.94. The summed E-state index contributed by atoms with van der Waals surface area (Å²) in [5.41, 5.74) is 1.32. The van der Waals surface area contributed by atoms with E-state index in [2.05, 4.69) is 32.3 Å². The molecule has 0 spiro atoms. The standard InChI is InChI=1S/C19H22Cl2NS2.BrH/c1-22(2)13-3-4-14(22)10-12(9-13)11-15(16-5-7-18(20)23-16)17-6-8-19(21)24-17;/h5-8,11-14H,3-4,9-10H2,1-2H3;1H/q+1;/p-1. The van der Waals surface area contributed by atoms with Gasteiger partial charge in [-0.25, -0.2) is 0 Å². The lowest BCUT2D eigenvalue weighted by molar-refractivity contribution is -0.931. The Morgan fingerprint density at radius 3 is 1.84 bits per heavy atom. The Labute approximate surface area is 178 Å². The predicted molar refractivity (Wildman–Crippen MR) is 107 cm³/mol. The van der Waals surface area contributed by atoms with Crippen molar-refractivity contribution < 1.29 is 21.5 Å². The summed E-state index contributed by atoms with van der Waals surface area (Å²) in [5, 5.41) is 0. The largest absolute Gasteiger partial charge is 1.00 e. The number of hydrogen-bond acceptors (Lipinski definition) is 2. The normalized spacial score (nSPS) is 27.0. The topological polar surface area (TPSA) is 0 Å². The summed E-state index contributed by atoms with van der Waals surface area (Å²) in [7, 11) is 4.84. The van der Waals surface area contributed by atoms with Gasteiger partial charge in [0.05, 0.1) is 34.9 Å². The summed E-state index contributed by atoms with van der Waals surface area (Å²) in [4.78, 5) is 2.51.